The summed E-state index contributed by atoms with van der Waals surface area (Å²) in [6.45, 7) is 2.96. The normalized spacial score (nSPS) is 17.0. The molecule has 1 spiro atoms. The van der Waals surface area contributed by atoms with Gasteiger partial charge in [-0.2, -0.15) is 5.10 Å². The van der Waals surface area contributed by atoms with Crippen LogP contribution in [0.25, 0.3) is 16.7 Å². The Hall–Kier alpha value is -4.00. The lowest BCUT2D eigenvalue weighted by Gasteiger charge is -2.43. The first-order valence-electron chi connectivity index (χ1n) is 11.5. The van der Waals surface area contributed by atoms with E-state index in [4.69, 9.17) is 9.72 Å². The van der Waals surface area contributed by atoms with E-state index in [1.54, 1.807) is 10.9 Å². The molecule has 0 atom stereocenters. The van der Waals surface area contributed by atoms with Gasteiger partial charge in [0, 0.05) is 31.3 Å². The van der Waals surface area contributed by atoms with Crippen molar-refractivity contribution in [2.45, 2.75) is 31.8 Å². The highest BCUT2D eigenvalue weighted by molar-refractivity contribution is 6.00. The van der Waals surface area contributed by atoms with Crippen molar-refractivity contribution in [2.75, 3.05) is 13.1 Å². The molecule has 34 heavy (non-hydrogen) atoms. The van der Waals surface area contributed by atoms with Gasteiger partial charge in [0.05, 0.1) is 35.0 Å². The van der Waals surface area contributed by atoms with Crippen molar-refractivity contribution >= 4 is 22.6 Å². The van der Waals surface area contributed by atoms with Gasteiger partial charge in [-0.15, -0.1) is 0 Å². The van der Waals surface area contributed by atoms with Crippen LogP contribution in [0.5, 0.6) is 5.75 Å². The summed E-state index contributed by atoms with van der Waals surface area (Å²) in [5, 5.41) is 5.52. The van der Waals surface area contributed by atoms with Crippen LogP contribution in [0, 0.1) is 6.92 Å². The molecule has 0 radical (unpaired) electrons. The summed E-state index contributed by atoms with van der Waals surface area (Å²) in [5.74, 6) is 1.39. The number of rotatable bonds is 2. The maximum atomic E-state index is 13.4. The number of nitrogens with zero attached hydrogens (tertiary/aromatic N) is 4. The second-order valence-corrected chi connectivity index (χ2v) is 9.09. The van der Waals surface area contributed by atoms with E-state index >= 15 is 0 Å². The van der Waals surface area contributed by atoms with E-state index in [2.05, 4.69) is 5.10 Å². The Balaban J connectivity index is 1.20. The molecule has 1 saturated heterocycles. The molecule has 1 amide bonds. The van der Waals surface area contributed by atoms with Crippen LogP contribution in [-0.4, -0.2) is 50.0 Å². The van der Waals surface area contributed by atoms with E-state index in [1.807, 2.05) is 72.5 Å². The maximum absolute atomic E-state index is 13.4. The first kappa shape index (κ1) is 20.6. The third kappa shape index (κ3) is 3.36. The molecular weight excluding hydrogens is 428 g/mol. The van der Waals surface area contributed by atoms with Crippen LogP contribution in [0.1, 0.15) is 45.7 Å². The summed E-state index contributed by atoms with van der Waals surface area (Å²) in [7, 11) is 0. The van der Waals surface area contributed by atoms with Crippen LogP contribution in [0.3, 0.4) is 0 Å². The number of para-hydroxylation sites is 2. The van der Waals surface area contributed by atoms with Crippen molar-refractivity contribution in [3.05, 3.63) is 83.7 Å². The molecule has 4 heterocycles. The Labute approximate surface area is 197 Å². The summed E-state index contributed by atoms with van der Waals surface area (Å²) < 4.78 is 8.02. The quantitative estimate of drug-likeness (QED) is 0.451. The van der Waals surface area contributed by atoms with Gasteiger partial charge in [0.2, 0.25) is 0 Å². The number of hydrogen-bond acceptors (Lipinski definition) is 5. The van der Waals surface area contributed by atoms with Crippen LogP contribution in [0.15, 0.2) is 66.9 Å². The highest BCUT2D eigenvalue weighted by Crippen LogP contribution is 2.39. The topological polar surface area (TPSA) is 77.3 Å². The van der Waals surface area contributed by atoms with E-state index in [-0.39, 0.29) is 11.7 Å². The first-order valence-corrected chi connectivity index (χ1v) is 11.5. The van der Waals surface area contributed by atoms with Crippen LogP contribution < -0.4 is 4.74 Å². The van der Waals surface area contributed by atoms with Crippen molar-refractivity contribution in [3.8, 4) is 11.6 Å². The molecule has 4 aromatic rings. The Morgan fingerprint density at radius 3 is 2.62 bits per heavy atom. The number of Topliss-reactive ketones (excluding diaryl/α,β-unsaturated/α-hetero) is 1. The second kappa shape index (κ2) is 7.80. The van der Waals surface area contributed by atoms with Crippen molar-refractivity contribution in [3.63, 3.8) is 0 Å². The standard InChI is InChI=1S/C27H24N4O3/c1-18-21(17-28-31(18)25-11-10-19-6-2-4-8-22(19)29-25)26(33)30-14-12-27(13-15-30)16-23(32)20-7-3-5-9-24(20)34-27/h2-11,17H,12-16H2,1H3. The van der Waals surface area contributed by atoms with Crippen LogP contribution >= 0.6 is 0 Å². The predicted molar refractivity (Wildman–Crippen MR) is 127 cm³/mol. The third-order valence-electron chi connectivity index (χ3n) is 7.00. The molecule has 6 rings (SSSR count). The number of aromatic nitrogens is 3. The summed E-state index contributed by atoms with van der Waals surface area (Å²) in [4.78, 5) is 32.6. The number of hydrogen-bond donors (Lipinski definition) is 0. The molecule has 2 aliphatic heterocycles. The lowest BCUT2D eigenvalue weighted by atomic mass is 9.82. The number of carbonyl (C=O) groups excluding carboxylic acids is 2. The average molecular weight is 453 g/mol. The van der Waals surface area contributed by atoms with Crippen LogP contribution in [-0.2, 0) is 0 Å². The molecule has 2 aromatic heterocycles. The van der Waals surface area contributed by atoms with Gasteiger partial charge in [-0.05, 0) is 37.3 Å². The summed E-state index contributed by atoms with van der Waals surface area (Å²) in [5.41, 5.74) is 2.32. The molecule has 0 N–H and O–H groups in total. The number of fused-ring (bicyclic) bond motifs is 2. The van der Waals surface area contributed by atoms with Crippen molar-refractivity contribution in [1.82, 2.24) is 19.7 Å². The summed E-state index contributed by atoms with van der Waals surface area (Å²) in [6, 6.07) is 19.2. The molecule has 7 nitrogen and oxygen atoms in total. The lowest BCUT2D eigenvalue weighted by Crippen LogP contribution is -2.52. The minimum Gasteiger partial charge on any atom is -0.486 e. The van der Waals surface area contributed by atoms with Crippen molar-refractivity contribution in [1.29, 1.82) is 0 Å². The number of pyridine rings is 1. The molecule has 0 saturated carbocycles. The van der Waals surface area contributed by atoms with E-state index in [1.165, 1.54) is 0 Å². The number of likely N-dealkylation sites (tertiary alicyclic amines) is 1. The van der Waals surface area contributed by atoms with Crippen LogP contribution in [0.4, 0.5) is 0 Å². The Bertz CT molecular complexity index is 1430. The molecule has 0 aliphatic carbocycles. The largest absolute Gasteiger partial charge is 0.486 e. The zero-order valence-corrected chi connectivity index (χ0v) is 18.9. The molecule has 0 bridgehead atoms. The number of ketones is 1. The van der Waals surface area contributed by atoms with Gasteiger partial charge < -0.3 is 9.64 Å². The van der Waals surface area contributed by atoms with E-state index < -0.39 is 5.60 Å². The van der Waals surface area contributed by atoms with Crippen molar-refractivity contribution < 1.29 is 14.3 Å². The van der Waals surface area contributed by atoms with Gasteiger partial charge in [0.1, 0.15) is 11.4 Å². The van der Waals surface area contributed by atoms with Gasteiger partial charge in [-0.3, -0.25) is 9.59 Å². The van der Waals surface area contributed by atoms with Gasteiger partial charge in [0.15, 0.2) is 11.6 Å². The van der Waals surface area contributed by atoms with Gasteiger partial charge in [0.25, 0.3) is 5.91 Å². The molecule has 0 unspecified atom stereocenters. The van der Waals surface area contributed by atoms with E-state index in [0.29, 0.717) is 55.0 Å². The van der Waals surface area contributed by atoms with Gasteiger partial charge >= 0.3 is 0 Å². The Morgan fingerprint density at radius 1 is 1.00 bits per heavy atom. The first-order chi connectivity index (χ1) is 16.5. The minimum absolute atomic E-state index is 0.0538. The van der Waals surface area contributed by atoms with E-state index in [0.717, 1.165) is 16.6 Å². The van der Waals surface area contributed by atoms with E-state index in [9.17, 15) is 9.59 Å². The Morgan fingerprint density at radius 2 is 1.76 bits per heavy atom. The fourth-order valence-electron chi connectivity index (χ4n) is 5.03. The number of piperidine rings is 1. The Kier molecular flexibility index (Phi) is 4.72. The summed E-state index contributed by atoms with van der Waals surface area (Å²) >= 11 is 0. The fourth-order valence-corrected chi connectivity index (χ4v) is 5.03. The smallest absolute Gasteiger partial charge is 0.257 e. The van der Waals surface area contributed by atoms with Gasteiger partial charge in [-0.25, -0.2) is 9.67 Å². The molecule has 170 valence electrons. The SMILES string of the molecule is Cc1c(C(=O)N2CCC3(CC2)CC(=O)c2ccccc2O3)cnn1-c1ccc2ccccc2n1. The predicted octanol–water partition coefficient (Wildman–Crippen LogP) is 4.37. The molecule has 1 fully saturated rings. The second-order valence-electron chi connectivity index (χ2n) is 9.09. The minimum atomic E-state index is -0.531. The van der Waals surface area contributed by atoms with Crippen LogP contribution in [0.2, 0.25) is 0 Å². The molecular formula is C27H24N4O3. The maximum Gasteiger partial charge on any atom is 0.257 e. The monoisotopic (exact) mass is 452 g/mol. The number of ether oxygens (including phenoxy) is 1. The third-order valence-corrected chi connectivity index (χ3v) is 7.00. The number of amides is 1. The zero-order valence-electron chi connectivity index (χ0n) is 18.9. The number of carbonyl (C=O) groups is 2. The highest BCUT2D eigenvalue weighted by Gasteiger charge is 2.43. The lowest BCUT2D eigenvalue weighted by molar-refractivity contribution is -0.00571. The number of benzene rings is 2. The van der Waals surface area contributed by atoms with Crippen molar-refractivity contribution in [2.24, 2.45) is 0 Å². The van der Waals surface area contributed by atoms with Gasteiger partial charge in [-0.1, -0.05) is 30.3 Å². The molecule has 2 aliphatic rings. The molecule has 7 heteroatoms. The fraction of sp³-hybridized carbons (Fsp3) is 0.259. The average Bonchev–Trinajstić information content (AvgIpc) is 3.25. The summed E-state index contributed by atoms with van der Waals surface area (Å²) in [6.07, 6.45) is 3.23. The zero-order chi connectivity index (χ0) is 23.3. The highest BCUT2D eigenvalue weighted by atomic mass is 16.5. The molecule has 2 aromatic carbocycles.